The monoisotopic (exact) mass is 560 g/mol. The molecule has 0 atom stereocenters. The molecule has 7 nitrogen and oxygen atoms in total. The van der Waals surface area contributed by atoms with Gasteiger partial charge in [0.25, 0.3) is 0 Å². The van der Waals surface area contributed by atoms with Crippen LogP contribution in [0.2, 0.25) is 5.02 Å². The van der Waals surface area contributed by atoms with Gasteiger partial charge in [-0.2, -0.15) is 4.98 Å². The third-order valence-electron chi connectivity index (χ3n) is 6.92. The Morgan fingerprint density at radius 2 is 1.72 bits per heavy atom. The first-order chi connectivity index (χ1) is 18.5. The molecular weight excluding hydrogens is 536 g/mol. The molecule has 0 saturated carbocycles. The maximum Gasteiger partial charge on any atom is 0.355 e. The first-order valence-electron chi connectivity index (χ1n) is 12.5. The number of nitrogens with two attached hydrogens (primary N) is 1. The van der Waals surface area contributed by atoms with Crippen LogP contribution in [0.1, 0.15) is 50.3 Å². The molecule has 0 unspecified atom stereocenters. The van der Waals surface area contributed by atoms with Crippen LogP contribution in [0.3, 0.4) is 0 Å². The molecule has 0 bridgehead atoms. The lowest BCUT2D eigenvalue weighted by molar-refractivity contribution is 0.451. The predicted octanol–water partition coefficient (Wildman–Crippen LogP) is 6.06. The Labute approximate surface area is 226 Å². The van der Waals surface area contributed by atoms with Crippen LogP contribution in [0.25, 0.3) is 28.0 Å². The number of anilines is 2. The van der Waals surface area contributed by atoms with Crippen LogP contribution in [-0.2, 0) is 0 Å². The van der Waals surface area contributed by atoms with E-state index in [1.54, 1.807) is 19.2 Å². The second kappa shape index (κ2) is 10.1. The summed E-state index contributed by atoms with van der Waals surface area (Å²) >= 11 is 6.09. The highest BCUT2D eigenvalue weighted by Crippen LogP contribution is 2.40. The third kappa shape index (κ3) is 4.38. The summed E-state index contributed by atoms with van der Waals surface area (Å²) in [5.74, 6) is -6.33. The van der Waals surface area contributed by atoms with E-state index in [1.807, 2.05) is 18.7 Å². The van der Waals surface area contributed by atoms with Crippen LogP contribution in [0.15, 0.2) is 23.1 Å². The topological polar surface area (TPSA) is 89.9 Å². The first kappa shape index (κ1) is 26.9. The molecule has 0 aliphatic carbocycles. The molecule has 4 aromatic rings. The van der Waals surface area contributed by atoms with Crippen molar-refractivity contribution in [2.45, 2.75) is 46.0 Å². The molecule has 3 aromatic heterocycles. The molecule has 5 rings (SSSR count). The SMILES string of the molecule is Cc1ccnc(C(C)C)c1-n1c(=O)nc(N2CCCCC2)c2cc(F)c(-c3c(F)c(F)c(F)c(N)c3Cl)nc21. The van der Waals surface area contributed by atoms with Crippen LogP contribution >= 0.6 is 11.6 Å². The number of nitrogen functional groups attached to an aromatic ring is 1. The maximum absolute atomic E-state index is 15.7. The molecule has 39 heavy (non-hydrogen) atoms. The fraction of sp³-hybridized carbons (Fsp3) is 0.333. The van der Waals surface area contributed by atoms with E-state index in [2.05, 4.69) is 15.0 Å². The number of hydrogen-bond acceptors (Lipinski definition) is 6. The van der Waals surface area contributed by atoms with Gasteiger partial charge in [0, 0.05) is 19.3 Å². The van der Waals surface area contributed by atoms with Crippen LogP contribution in [0, 0.1) is 30.2 Å². The summed E-state index contributed by atoms with van der Waals surface area (Å²) < 4.78 is 60.3. The molecule has 1 fully saturated rings. The van der Waals surface area contributed by atoms with E-state index in [1.165, 1.54) is 4.57 Å². The minimum atomic E-state index is -1.92. The Hall–Kier alpha value is -3.73. The van der Waals surface area contributed by atoms with Crippen molar-refractivity contribution < 1.29 is 17.6 Å². The smallest absolute Gasteiger partial charge is 0.355 e. The van der Waals surface area contributed by atoms with Gasteiger partial charge in [-0.25, -0.2) is 31.9 Å². The molecule has 12 heteroatoms. The van der Waals surface area contributed by atoms with Gasteiger partial charge in [0.05, 0.1) is 33.0 Å². The lowest BCUT2D eigenvalue weighted by Gasteiger charge is -2.29. The van der Waals surface area contributed by atoms with Crippen LogP contribution < -0.4 is 16.3 Å². The summed E-state index contributed by atoms with van der Waals surface area (Å²) in [6.45, 7) is 6.75. The summed E-state index contributed by atoms with van der Waals surface area (Å²) in [5, 5.41) is -0.556. The molecule has 1 aromatic carbocycles. The normalized spacial score (nSPS) is 14.0. The van der Waals surface area contributed by atoms with Crippen molar-refractivity contribution in [1.82, 2.24) is 19.5 Å². The maximum atomic E-state index is 15.7. The van der Waals surface area contributed by atoms with Crippen LogP contribution in [-0.4, -0.2) is 32.6 Å². The number of rotatable bonds is 4. The highest BCUT2D eigenvalue weighted by atomic mass is 35.5. The summed E-state index contributed by atoms with van der Waals surface area (Å²) in [4.78, 5) is 28.7. The minimum absolute atomic E-state index is 0.0660. The fourth-order valence-electron chi connectivity index (χ4n) is 4.97. The molecule has 4 heterocycles. The number of fused-ring (bicyclic) bond motifs is 1. The number of nitrogens with zero attached hydrogens (tertiary/aromatic N) is 5. The standard InChI is InChI=1S/C27H25ClF4N6O/c1-12(2)22-24(13(3)7-8-34-22)38-26-14(25(36-27(38)39)37-9-5-4-6-10-37)11-15(29)23(35-26)16-17(28)21(33)20(32)19(31)18(16)30/h7-8,11-12H,4-6,9-10,33H2,1-3H3. The average Bonchev–Trinajstić information content (AvgIpc) is 2.92. The van der Waals surface area contributed by atoms with Gasteiger partial charge in [0.15, 0.2) is 28.9 Å². The minimum Gasteiger partial charge on any atom is -0.395 e. The van der Waals surface area contributed by atoms with Gasteiger partial charge >= 0.3 is 5.69 Å². The quantitative estimate of drug-likeness (QED) is 0.141. The molecule has 204 valence electrons. The Morgan fingerprint density at radius 3 is 2.38 bits per heavy atom. The van der Waals surface area contributed by atoms with Crippen molar-refractivity contribution in [3.05, 3.63) is 68.4 Å². The number of aromatic nitrogens is 4. The predicted molar refractivity (Wildman–Crippen MR) is 143 cm³/mol. The van der Waals surface area contributed by atoms with Gasteiger partial charge in [-0.1, -0.05) is 25.4 Å². The van der Waals surface area contributed by atoms with E-state index in [0.717, 1.165) is 25.3 Å². The second-order valence-electron chi connectivity index (χ2n) is 9.85. The summed E-state index contributed by atoms with van der Waals surface area (Å²) in [6.07, 6.45) is 4.32. The molecule has 2 N–H and O–H groups in total. The Kier molecular flexibility index (Phi) is 6.96. The molecule has 1 aliphatic rings. The second-order valence-corrected chi connectivity index (χ2v) is 10.2. The number of halogens is 5. The lowest BCUT2D eigenvalue weighted by atomic mass is 10.0. The molecular formula is C27H25ClF4N6O. The molecule has 1 saturated heterocycles. The van der Waals surface area contributed by atoms with Crippen molar-refractivity contribution in [1.29, 1.82) is 0 Å². The number of pyridine rings is 2. The van der Waals surface area contributed by atoms with Crippen molar-refractivity contribution in [2.24, 2.45) is 0 Å². The van der Waals surface area contributed by atoms with Crippen LogP contribution in [0.4, 0.5) is 29.1 Å². The highest BCUT2D eigenvalue weighted by Gasteiger charge is 2.29. The van der Waals surface area contributed by atoms with E-state index in [0.29, 0.717) is 30.0 Å². The molecule has 0 radical (unpaired) electrons. The van der Waals surface area contributed by atoms with Gasteiger partial charge in [-0.05, 0) is 49.8 Å². The number of aryl methyl sites for hydroxylation is 1. The average molecular weight is 561 g/mol. The van der Waals surface area contributed by atoms with Gasteiger partial charge in [-0.3, -0.25) is 4.98 Å². The Bertz CT molecular complexity index is 1660. The van der Waals surface area contributed by atoms with E-state index >= 15 is 8.78 Å². The van der Waals surface area contributed by atoms with E-state index < -0.39 is 50.9 Å². The Balaban J connectivity index is 1.94. The van der Waals surface area contributed by atoms with E-state index in [9.17, 15) is 13.6 Å². The van der Waals surface area contributed by atoms with E-state index in [-0.39, 0.29) is 22.8 Å². The highest BCUT2D eigenvalue weighted by molar-refractivity contribution is 6.35. The number of benzene rings is 1. The fourth-order valence-corrected chi connectivity index (χ4v) is 5.23. The van der Waals surface area contributed by atoms with Crippen molar-refractivity contribution >= 4 is 34.1 Å². The Morgan fingerprint density at radius 1 is 1.03 bits per heavy atom. The largest absolute Gasteiger partial charge is 0.395 e. The van der Waals surface area contributed by atoms with Crippen LogP contribution in [0.5, 0.6) is 0 Å². The van der Waals surface area contributed by atoms with Gasteiger partial charge in [0.2, 0.25) is 0 Å². The van der Waals surface area contributed by atoms with Crippen molar-refractivity contribution in [2.75, 3.05) is 23.7 Å². The number of piperidine rings is 1. The van der Waals surface area contributed by atoms with E-state index in [4.69, 9.17) is 17.3 Å². The summed E-state index contributed by atoms with van der Waals surface area (Å²) in [5.41, 5.74) is 3.92. The third-order valence-corrected chi connectivity index (χ3v) is 7.31. The lowest BCUT2D eigenvalue weighted by Crippen LogP contribution is -2.34. The molecule has 0 spiro atoms. The summed E-state index contributed by atoms with van der Waals surface area (Å²) in [7, 11) is 0. The number of hydrogen-bond donors (Lipinski definition) is 1. The molecule has 0 amide bonds. The van der Waals surface area contributed by atoms with Gasteiger partial charge < -0.3 is 10.6 Å². The zero-order valence-electron chi connectivity index (χ0n) is 21.5. The zero-order chi connectivity index (χ0) is 28.2. The van der Waals surface area contributed by atoms with Gasteiger partial charge in [-0.15, -0.1) is 0 Å². The molecule has 1 aliphatic heterocycles. The summed E-state index contributed by atoms with van der Waals surface area (Å²) in [6, 6.07) is 2.76. The zero-order valence-corrected chi connectivity index (χ0v) is 22.2. The van der Waals surface area contributed by atoms with Gasteiger partial charge in [0.1, 0.15) is 11.5 Å². The first-order valence-corrected chi connectivity index (χ1v) is 12.9. The van der Waals surface area contributed by atoms with Crippen molar-refractivity contribution in [3.8, 4) is 16.9 Å². The van der Waals surface area contributed by atoms with Crippen molar-refractivity contribution in [3.63, 3.8) is 0 Å².